The van der Waals surface area contributed by atoms with Crippen LogP contribution < -0.4 is 10.6 Å². The van der Waals surface area contributed by atoms with Crippen LogP contribution >= 0.6 is 22.9 Å². The molecule has 2 N–H and O–H groups in total. The molecule has 3 nitrogen and oxygen atoms in total. The number of hydrogen-bond acceptors (Lipinski definition) is 3. The zero-order valence-electron chi connectivity index (χ0n) is 13.2. The van der Waals surface area contributed by atoms with Crippen molar-refractivity contribution in [3.8, 4) is 0 Å². The van der Waals surface area contributed by atoms with Crippen molar-refractivity contribution in [1.29, 1.82) is 0 Å². The summed E-state index contributed by atoms with van der Waals surface area (Å²) in [5, 5.41) is 8.07. The van der Waals surface area contributed by atoms with Gasteiger partial charge in [-0.3, -0.25) is 4.79 Å². The summed E-state index contributed by atoms with van der Waals surface area (Å²) >= 11 is 7.58. The topological polar surface area (TPSA) is 41.1 Å². The number of carbonyl (C=O) groups excluding carboxylic acids is 1. The van der Waals surface area contributed by atoms with Crippen LogP contribution in [0.4, 0.5) is 0 Å². The van der Waals surface area contributed by atoms with Crippen molar-refractivity contribution in [3.05, 3.63) is 34.2 Å². The van der Waals surface area contributed by atoms with Crippen LogP contribution in [0, 0.1) is 5.92 Å². The second-order valence-electron chi connectivity index (χ2n) is 6.79. The smallest absolute Gasteiger partial charge is 0.251 e. The van der Waals surface area contributed by atoms with E-state index in [1.54, 1.807) is 0 Å². The Morgan fingerprint density at radius 2 is 2.26 bits per heavy atom. The molecule has 2 atom stereocenters. The number of piperidine rings is 1. The lowest BCUT2D eigenvalue weighted by molar-refractivity contribution is 0.0875. The molecule has 1 aliphatic heterocycles. The van der Waals surface area contributed by atoms with E-state index in [0.717, 1.165) is 39.4 Å². The van der Waals surface area contributed by atoms with Crippen LogP contribution in [0.5, 0.6) is 0 Å². The number of carbonyl (C=O) groups is 1. The van der Waals surface area contributed by atoms with Gasteiger partial charge in [-0.15, -0.1) is 11.3 Å². The SMILES string of the molecule is CCC1CCNC2(CC2)C1NC(=O)c1ccc2cc(Cl)sc2c1. The van der Waals surface area contributed by atoms with Gasteiger partial charge in [-0.25, -0.2) is 0 Å². The third kappa shape index (κ3) is 2.77. The lowest BCUT2D eigenvalue weighted by Gasteiger charge is -2.40. The summed E-state index contributed by atoms with van der Waals surface area (Å²) in [5.41, 5.74) is 0.887. The quantitative estimate of drug-likeness (QED) is 0.872. The van der Waals surface area contributed by atoms with E-state index in [4.69, 9.17) is 11.6 Å². The Balaban J connectivity index is 1.57. The highest BCUT2D eigenvalue weighted by atomic mass is 35.5. The first-order valence-corrected chi connectivity index (χ1v) is 9.56. The number of halogens is 1. The molecule has 2 heterocycles. The molecule has 5 heteroatoms. The molecule has 0 radical (unpaired) electrons. The van der Waals surface area contributed by atoms with Crippen molar-refractivity contribution >= 4 is 38.9 Å². The average Bonchev–Trinajstić information content (AvgIpc) is 3.20. The van der Waals surface area contributed by atoms with Gasteiger partial charge in [0.25, 0.3) is 5.91 Å². The largest absolute Gasteiger partial charge is 0.347 e. The summed E-state index contributed by atoms with van der Waals surface area (Å²) in [6.07, 6.45) is 4.61. The Morgan fingerprint density at radius 3 is 3.00 bits per heavy atom. The molecule has 2 fully saturated rings. The Labute approximate surface area is 145 Å². The molecular formula is C18H21ClN2OS. The molecule has 1 amide bonds. The van der Waals surface area contributed by atoms with E-state index in [-0.39, 0.29) is 17.5 Å². The third-order valence-corrected chi connectivity index (χ3v) is 6.64. The van der Waals surface area contributed by atoms with Gasteiger partial charge in [0.05, 0.1) is 10.4 Å². The van der Waals surface area contributed by atoms with Crippen LogP contribution in [-0.2, 0) is 0 Å². The fraction of sp³-hybridized carbons (Fsp3) is 0.500. The van der Waals surface area contributed by atoms with Crippen LogP contribution in [0.15, 0.2) is 24.3 Å². The minimum absolute atomic E-state index is 0.0369. The number of benzene rings is 1. The van der Waals surface area contributed by atoms with Gasteiger partial charge < -0.3 is 10.6 Å². The fourth-order valence-corrected chi connectivity index (χ4v) is 5.11. The van der Waals surface area contributed by atoms with Crippen LogP contribution in [0.25, 0.3) is 10.1 Å². The van der Waals surface area contributed by atoms with Crippen molar-refractivity contribution in [2.24, 2.45) is 5.92 Å². The van der Waals surface area contributed by atoms with Gasteiger partial charge in [0, 0.05) is 15.8 Å². The molecule has 4 rings (SSSR count). The normalized spacial score (nSPS) is 25.7. The summed E-state index contributed by atoms with van der Waals surface area (Å²) < 4.78 is 1.83. The lowest BCUT2D eigenvalue weighted by atomic mass is 9.83. The van der Waals surface area contributed by atoms with E-state index in [2.05, 4.69) is 17.6 Å². The third-order valence-electron chi connectivity index (χ3n) is 5.41. The molecule has 23 heavy (non-hydrogen) atoms. The molecule has 1 spiro atoms. The standard InChI is InChI=1S/C18H21ClN2OS/c1-2-11-5-8-20-18(6-7-18)16(11)21-17(22)13-4-3-12-10-15(19)23-14(12)9-13/h3-4,9-11,16,20H,2,5-8H2,1H3,(H,21,22). The predicted molar refractivity (Wildman–Crippen MR) is 96.5 cm³/mol. The second kappa shape index (κ2) is 5.76. The van der Waals surface area contributed by atoms with E-state index in [9.17, 15) is 4.79 Å². The lowest BCUT2D eigenvalue weighted by Crippen LogP contribution is -2.59. The highest BCUT2D eigenvalue weighted by molar-refractivity contribution is 7.22. The molecule has 1 aromatic heterocycles. The van der Waals surface area contributed by atoms with Gasteiger partial charge in [-0.1, -0.05) is 31.0 Å². The molecule has 1 aromatic carbocycles. The van der Waals surface area contributed by atoms with Crippen molar-refractivity contribution in [2.75, 3.05) is 6.54 Å². The molecule has 2 aromatic rings. The first-order chi connectivity index (χ1) is 11.1. The zero-order valence-corrected chi connectivity index (χ0v) is 14.8. The molecule has 2 unspecified atom stereocenters. The minimum atomic E-state index is 0.0369. The second-order valence-corrected chi connectivity index (χ2v) is 8.51. The van der Waals surface area contributed by atoms with E-state index < -0.39 is 0 Å². The maximum absolute atomic E-state index is 12.8. The van der Waals surface area contributed by atoms with Crippen molar-refractivity contribution in [1.82, 2.24) is 10.6 Å². The molecule has 1 saturated carbocycles. The minimum Gasteiger partial charge on any atom is -0.347 e. The molecule has 122 valence electrons. The van der Waals surface area contributed by atoms with E-state index >= 15 is 0 Å². The zero-order chi connectivity index (χ0) is 16.0. The van der Waals surface area contributed by atoms with E-state index in [1.807, 2.05) is 24.3 Å². The maximum Gasteiger partial charge on any atom is 0.251 e. The number of rotatable bonds is 3. The van der Waals surface area contributed by atoms with Crippen molar-refractivity contribution in [2.45, 2.75) is 44.2 Å². The monoisotopic (exact) mass is 348 g/mol. The molecular weight excluding hydrogens is 328 g/mol. The maximum atomic E-state index is 12.8. The molecule has 0 bridgehead atoms. The Bertz CT molecular complexity index is 753. The van der Waals surface area contributed by atoms with E-state index in [0.29, 0.717) is 5.92 Å². The Hall–Kier alpha value is -1.10. The average molecular weight is 349 g/mol. The first kappa shape index (κ1) is 15.4. The highest BCUT2D eigenvalue weighted by Crippen LogP contribution is 2.45. The summed E-state index contributed by atoms with van der Waals surface area (Å²) in [5.74, 6) is 0.609. The van der Waals surface area contributed by atoms with Gasteiger partial charge in [0.15, 0.2) is 0 Å². The van der Waals surface area contributed by atoms with Crippen LogP contribution in [0.1, 0.15) is 43.0 Å². The van der Waals surface area contributed by atoms with Crippen molar-refractivity contribution < 1.29 is 4.79 Å². The molecule has 1 saturated heterocycles. The fourth-order valence-electron chi connectivity index (χ4n) is 3.92. The molecule has 1 aliphatic carbocycles. The number of thiophene rings is 1. The van der Waals surface area contributed by atoms with Crippen LogP contribution in [0.3, 0.4) is 0 Å². The Kier molecular flexibility index (Phi) is 3.87. The van der Waals surface area contributed by atoms with Gasteiger partial charge >= 0.3 is 0 Å². The van der Waals surface area contributed by atoms with Crippen LogP contribution in [0.2, 0.25) is 4.34 Å². The van der Waals surface area contributed by atoms with Gasteiger partial charge in [0.2, 0.25) is 0 Å². The van der Waals surface area contributed by atoms with Crippen molar-refractivity contribution in [3.63, 3.8) is 0 Å². The number of nitrogens with one attached hydrogen (secondary N) is 2. The number of fused-ring (bicyclic) bond motifs is 1. The summed E-state index contributed by atoms with van der Waals surface area (Å²) in [4.78, 5) is 12.8. The summed E-state index contributed by atoms with van der Waals surface area (Å²) in [7, 11) is 0. The predicted octanol–water partition coefficient (Wildman–Crippen LogP) is 4.21. The van der Waals surface area contributed by atoms with E-state index in [1.165, 1.54) is 24.2 Å². The Morgan fingerprint density at radius 1 is 1.43 bits per heavy atom. The van der Waals surface area contributed by atoms with Gasteiger partial charge in [-0.2, -0.15) is 0 Å². The number of hydrogen-bond donors (Lipinski definition) is 2. The molecule has 2 aliphatic rings. The van der Waals surface area contributed by atoms with Gasteiger partial charge in [0.1, 0.15) is 0 Å². The highest BCUT2D eigenvalue weighted by Gasteiger charge is 2.53. The number of amides is 1. The summed E-state index contributed by atoms with van der Waals surface area (Å²) in [6.45, 7) is 3.30. The van der Waals surface area contributed by atoms with Crippen LogP contribution in [-0.4, -0.2) is 24.0 Å². The first-order valence-electron chi connectivity index (χ1n) is 8.36. The summed E-state index contributed by atoms with van der Waals surface area (Å²) in [6, 6.07) is 8.03. The van der Waals surface area contributed by atoms with Gasteiger partial charge in [-0.05, 0) is 55.3 Å².